The lowest BCUT2D eigenvalue weighted by Crippen LogP contribution is -2.55. The summed E-state index contributed by atoms with van der Waals surface area (Å²) in [6.45, 7) is 23.4. The second-order valence-corrected chi connectivity index (χ2v) is 20.9. The Labute approximate surface area is 298 Å². The van der Waals surface area contributed by atoms with E-state index in [1.54, 1.807) is 21.7 Å². The van der Waals surface area contributed by atoms with Crippen molar-refractivity contribution in [2.75, 3.05) is 29.9 Å². The Kier molecular flexibility index (Phi) is 10.8. The highest BCUT2D eigenvalue weighted by molar-refractivity contribution is 6.90. The molecule has 1 fully saturated rings. The number of aromatic nitrogens is 3. The number of fused-ring (bicyclic) bond motifs is 1. The predicted molar refractivity (Wildman–Crippen MR) is 207 cm³/mol. The van der Waals surface area contributed by atoms with E-state index in [0.717, 1.165) is 22.4 Å². The largest absolute Gasteiger partial charge is 0.444 e. The van der Waals surface area contributed by atoms with Crippen LogP contribution in [0.1, 0.15) is 74.8 Å². The molecule has 4 aromatic rings. The molecule has 0 spiro atoms. The Hall–Kier alpha value is -4.62. The maximum atomic E-state index is 13.8. The van der Waals surface area contributed by atoms with E-state index in [1.165, 1.54) is 0 Å². The minimum absolute atomic E-state index is 0.0130. The molecule has 9 nitrogen and oxygen atoms in total. The number of carbonyl (C=O) groups is 1. The van der Waals surface area contributed by atoms with E-state index in [4.69, 9.17) is 14.7 Å². The van der Waals surface area contributed by atoms with E-state index >= 15 is 0 Å². The number of benzene rings is 2. The van der Waals surface area contributed by atoms with E-state index < -0.39 is 13.7 Å². The molecule has 50 heavy (non-hydrogen) atoms. The topological polar surface area (TPSA) is 92.6 Å². The van der Waals surface area contributed by atoms with Gasteiger partial charge in [-0.2, -0.15) is 4.98 Å². The number of piperazine rings is 1. The van der Waals surface area contributed by atoms with E-state index in [-0.39, 0.29) is 17.7 Å². The number of carbonyl (C=O) groups excluding carboxylic acids is 1. The SMILES string of the molecule is CC1CN(c2ccc(Nc3ncc4c(C#C[Si](C(C)C)(C(C)C)C(C)C)cc(=O)n(-c5ccccc5)c4n3)cc2)CCN1C(=O)OC(C)(C)C. The molecule has 10 heteroatoms. The summed E-state index contributed by atoms with van der Waals surface area (Å²) in [5.74, 6) is 3.87. The fourth-order valence-corrected chi connectivity index (χ4v) is 12.6. The molecule has 3 heterocycles. The lowest BCUT2D eigenvalue weighted by atomic mass is 10.1. The number of nitrogens with one attached hydrogen (secondary N) is 1. The van der Waals surface area contributed by atoms with Crippen LogP contribution in [0.25, 0.3) is 16.7 Å². The highest BCUT2D eigenvalue weighted by Gasteiger charge is 2.41. The summed E-state index contributed by atoms with van der Waals surface area (Å²) in [5.41, 5.74) is 8.24. The third-order valence-electron chi connectivity index (χ3n) is 9.80. The average molecular weight is 693 g/mol. The van der Waals surface area contributed by atoms with E-state index in [1.807, 2.05) is 70.2 Å². The van der Waals surface area contributed by atoms with Crippen LogP contribution >= 0.6 is 0 Å². The summed E-state index contributed by atoms with van der Waals surface area (Å²) in [6, 6.07) is 19.3. The Morgan fingerprint density at radius 2 is 1.58 bits per heavy atom. The first-order valence-corrected chi connectivity index (χ1v) is 20.0. The van der Waals surface area contributed by atoms with Gasteiger partial charge < -0.3 is 19.9 Å². The summed E-state index contributed by atoms with van der Waals surface area (Å²) < 4.78 is 7.24. The minimum Gasteiger partial charge on any atom is -0.444 e. The monoisotopic (exact) mass is 692 g/mol. The highest BCUT2D eigenvalue weighted by Crippen LogP contribution is 2.41. The van der Waals surface area contributed by atoms with Gasteiger partial charge in [-0.3, -0.25) is 9.36 Å². The number of pyridine rings is 1. The van der Waals surface area contributed by atoms with E-state index in [2.05, 4.69) is 75.4 Å². The van der Waals surface area contributed by atoms with Gasteiger partial charge in [-0.15, -0.1) is 5.54 Å². The normalized spacial score (nSPS) is 15.4. The summed E-state index contributed by atoms with van der Waals surface area (Å²) in [4.78, 5) is 40.2. The number of anilines is 3. The third-order valence-corrected chi connectivity index (χ3v) is 16.1. The van der Waals surface area contributed by atoms with Gasteiger partial charge in [0.25, 0.3) is 5.56 Å². The lowest BCUT2D eigenvalue weighted by molar-refractivity contribution is 0.0159. The molecule has 264 valence electrons. The molecule has 0 bridgehead atoms. The molecule has 1 N–H and O–H groups in total. The van der Waals surface area contributed by atoms with Crippen molar-refractivity contribution in [1.29, 1.82) is 0 Å². The molecular weight excluding hydrogens is 641 g/mol. The number of amides is 1. The predicted octanol–water partition coefficient (Wildman–Crippen LogP) is 8.54. The Bertz CT molecular complexity index is 1920. The van der Waals surface area contributed by atoms with Crippen molar-refractivity contribution in [3.05, 3.63) is 82.8 Å². The molecule has 1 saturated heterocycles. The van der Waals surface area contributed by atoms with Crippen molar-refractivity contribution in [2.24, 2.45) is 0 Å². The summed E-state index contributed by atoms with van der Waals surface area (Å²) in [5, 5.41) is 4.08. The first-order valence-electron chi connectivity index (χ1n) is 17.7. The second-order valence-electron chi connectivity index (χ2n) is 15.3. The maximum Gasteiger partial charge on any atom is 0.410 e. The molecule has 1 aliphatic rings. The smallest absolute Gasteiger partial charge is 0.410 e. The van der Waals surface area contributed by atoms with Gasteiger partial charge in [0, 0.05) is 54.9 Å². The van der Waals surface area contributed by atoms with Crippen LogP contribution in [0.4, 0.5) is 22.1 Å². The van der Waals surface area contributed by atoms with Crippen LogP contribution in [-0.2, 0) is 4.74 Å². The number of hydrogen-bond donors (Lipinski definition) is 1. The summed E-state index contributed by atoms with van der Waals surface area (Å²) in [6.07, 6.45) is 1.50. The van der Waals surface area contributed by atoms with Crippen LogP contribution in [0, 0.1) is 11.5 Å². The van der Waals surface area contributed by atoms with Crippen LogP contribution in [-0.4, -0.2) is 64.9 Å². The van der Waals surface area contributed by atoms with Crippen molar-refractivity contribution in [3.63, 3.8) is 0 Å². The van der Waals surface area contributed by atoms with Gasteiger partial charge in [0.15, 0.2) is 5.65 Å². The molecule has 2 aromatic heterocycles. The number of nitrogens with zero attached hydrogens (tertiary/aromatic N) is 5. The molecular formula is C40H52N6O3Si. The highest BCUT2D eigenvalue weighted by atomic mass is 28.3. The summed E-state index contributed by atoms with van der Waals surface area (Å²) >= 11 is 0. The lowest BCUT2D eigenvalue weighted by Gasteiger charge is -2.41. The quantitative estimate of drug-likeness (QED) is 0.153. The van der Waals surface area contributed by atoms with Gasteiger partial charge in [0.1, 0.15) is 13.7 Å². The van der Waals surface area contributed by atoms with Crippen molar-refractivity contribution in [1.82, 2.24) is 19.4 Å². The molecule has 1 aliphatic heterocycles. The third kappa shape index (κ3) is 7.73. The van der Waals surface area contributed by atoms with Crippen LogP contribution in [0.2, 0.25) is 16.6 Å². The van der Waals surface area contributed by atoms with Gasteiger partial charge in [-0.1, -0.05) is 65.7 Å². The zero-order valence-corrected chi connectivity index (χ0v) is 32.2. The van der Waals surface area contributed by atoms with Gasteiger partial charge >= 0.3 is 6.09 Å². The number of hydrogen-bond acceptors (Lipinski definition) is 7. The van der Waals surface area contributed by atoms with Crippen LogP contribution in [0.5, 0.6) is 0 Å². The standard InChI is InChI=1S/C40H52N6O3Si/c1-27(2)50(28(3)4,29(5)6)23-20-31-24-36(47)46(34-14-12-11-13-15-34)37-35(31)25-41-38(43-37)42-32-16-18-33(19-17-32)44-21-22-45(30(7)26-44)39(48)49-40(8,9)10/h11-19,24-25,27-30H,21-22,26H2,1-10H3,(H,41,42,43). The molecule has 1 atom stereocenters. The number of para-hydroxylation sites is 1. The maximum absolute atomic E-state index is 13.8. The first kappa shape index (κ1) is 36.7. The Morgan fingerprint density at radius 1 is 0.940 bits per heavy atom. The van der Waals surface area contributed by atoms with Crippen molar-refractivity contribution in [2.45, 2.75) is 97.5 Å². The fourth-order valence-electron chi connectivity index (χ4n) is 7.37. The van der Waals surface area contributed by atoms with Crippen LogP contribution in [0.15, 0.2) is 71.7 Å². The molecule has 0 saturated carbocycles. The Balaban J connectivity index is 1.45. The first-order chi connectivity index (χ1) is 23.6. The molecule has 0 aliphatic carbocycles. The second kappa shape index (κ2) is 14.7. The Morgan fingerprint density at radius 3 is 2.16 bits per heavy atom. The fraction of sp³-hybridized carbons (Fsp3) is 0.450. The van der Waals surface area contributed by atoms with Crippen molar-refractivity contribution < 1.29 is 9.53 Å². The van der Waals surface area contributed by atoms with Gasteiger partial charge in [-0.05, 0) is 80.7 Å². The zero-order chi connectivity index (χ0) is 36.4. The van der Waals surface area contributed by atoms with Gasteiger partial charge in [-0.25, -0.2) is 9.78 Å². The zero-order valence-electron chi connectivity index (χ0n) is 31.2. The molecule has 5 rings (SSSR count). The van der Waals surface area contributed by atoms with E-state index in [9.17, 15) is 9.59 Å². The number of rotatable bonds is 7. The van der Waals surface area contributed by atoms with Crippen molar-refractivity contribution >= 4 is 42.5 Å². The van der Waals surface area contributed by atoms with Crippen molar-refractivity contribution in [3.8, 4) is 17.2 Å². The minimum atomic E-state index is -2.04. The van der Waals surface area contributed by atoms with Gasteiger partial charge in [0.2, 0.25) is 5.95 Å². The molecule has 1 amide bonds. The van der Waals surface area contributed by atoms with Gasteiger partial charge in [0.05, 0.1) is 11.1 Å². The molecule has 1 unspecified atom stereocenters. The van der Waals surface area contributed by atoms with Crippen LogP contribution in [0.3, 0.4) is 0 Å². The summed E-state index contributed by atoms with van der Waals surface area (Å²) in [7, 11) is -2.04. The average Bonchev–Trinajstić information content (AvgIpc) is 3.04. The van der Waals surface area contributed by atoms with E-state index in [0.29, 0.717) is 53.4 Å². The van der Waals surface area contributed by atoms with Crippen LogP contribution < -0.4 is 15.8 Å². The number of ether oxygens (including phenoxy) is 1. The molecule has 0 radical (unpaired) electrons. The molecule has 2 aromatic carbocycles.